The van der Waals surface area contributed by atoms with Crippen molar-refractivity contribution in [2.24, 2.45) is 0 Å². The second-order valence-electron chi connectivity index (χ2n) is 16.3. The maximum Gasteiger partial charge on any atom is 0.306 e. The minimum absolute atomic E-state index is 0.102. The summed E-state index contributed by atoms with van der Waals surface area (Å²) >= 11 is 0. The van der Waals surface area contributed by atoms with E-state index in [1.165, 1.54) is 19.3 Å². The molecule has 6 nitrogen and oxygen atoms in total. The standard InChI is InChI=1S/C58H92O6/c1-4-7-10-13-15-17-19-21-23-24-25-26-27-28-29-30-31-32-33-34-35-37-38-40-42-45-48-51-57(60)63-54-55(53-62-56(59)50-47-44-12-9-6-3)64-58(61)52-49-46-43-41-39-36-22-20-18-16-14-11-8-5-2/h7,10,14-17,20-23,25-26,28-29,31-32,34-35,38,40,55H,4-6,8-9,11-13,18-19,24,27,30,33,36-37,39,41-54H2,1-3H3/b10-7-,16-14-,17-15-,22-20-,23-21-,26-25-,29-28-,32-31-,35-34-,40-38-. The van der Waals surface area contributed by atoms with E-state index in [1.54, 1.807) is 0 Å². The average molecular weight is 885 g/mol. The molecule has 0 heterocycles. The van der Waals surface area contributed by atoms with Crippen molar-refractivity contribution in [1.29, 1.82) is 0 Å². The molecule has 0 rings (SSSR count). The predicted octanol–water partition coefficient (Wildman–Crippen LogP) is 16.9. The Kier molecular flexibility index (Phi) is 48.1. The van der Waals surface area contributed by atoms with Crippen LogP contribution in [0.3, 0.4) is 0 Å². The Bertz CT molecular complexity index is 1390. The van der Waals surface area contributed by atoms with Crippen molar-refractivity contribution in [1.82, 2.24) is 0 Å². The molecule has 0 aliphatic carbocycles. The van der Waals surface area contributed by atoms with Gasteiger partial charge in [0.25, 0.3) is 0 Å². The van der Waals surface area contributed by atoms with Gasteiger partial charge in [-0.05, 0) is 109 Å². The van der Waals surface area contributed by atoms with Crippen LogP contribution in [0.2, 0.25) is 0 Å². The fourth-order valence-corrected chi connectivity index (χ4v) is 6.35. The Balaban J connectivity index is 4.27. The van der Waals surface area contributed by atoms with Gasteiger partial charge in [0.1, 0.15) is 13.2 Å². The molecule has 0 aromatic rings. The molecule has 360 valence electrons. The Morgan fingerprint density at radius 2 is 0.625 bits per heavy atom. The number of unbranched alkanes of at least 4 members (excludes halogenated alkanes) is 13. The first-order valence-corrected chi connectivity index (χ1v) is 25.5. The van der Waals surface area contributed by atoms with Gasteiger partial charge in [-0.2, -0.15) is 0 Å². The molecule has 0 amide bonds. The second-order valence-corrected chi connectivity index (χ2v) is 16.3. The molecule has 64 heavy (non-hydrogen) atoms. The highest BCUT2D eigenvalue weighted by molar-refractivity contribution is 5.71. The van der Waals surface area contributed by atoms with Crippen molar-refractivity contribution < 1.29 is 28.6 Å². The van der Waals surface area contributed by atoms with Crippen molar-refractivity contribution in [3.8, 4) is 0 Å². The van der Waals surface area contributed by atoms with Gasteiger partial charge in [-0.3, -0.25) is 14.4 Å². The predicted molar refractivity (Wildman–Crippen MR) is 274 cm³/mol. The number of hydrogen-bond acceptors (Lipinski definition) is 6. The zero-order valence-corrected chi connectivity index (χ0v) is 41.0. The number of hydrogen-bond donors (Lipinski definition) is 0. The van der Waals surface area contributed by atoms with Gasteiger partial charge in [0.2, 0.25) is 0 Å². The third-order valence-electron chi connectivity index (χ3n) is 10.2. The second kappa shape index (κ2) is 51.4. The molecule has 0 aliphatic rings. The molecule has 0 radical (unpaired) electrons. The highest BCUT2D eigenvalue weighted by atomic mass is 16.6. The molecule has 0 aromatic carbocycles. The summed E-state index contributed by atoms with van der Waals surface area (Å²) in [5, 5.41) is 0. The summed E-state index contributed by atoms with van der Waals surface area (Å²) in [6.07, 6.45) is 70.8. The summed E-state index contributed by atoms with van der Waals surface area (Å²) in [4.78, 5) is 37.6. The lowest BCUT2D eigenvalue weighted by molar-refractivity contribution is -0.167. The minimum atomic E-state index is -0.802. The Hall–Kier alpha value is -4.19. The van der Waals surface area contributed by atoms with E-state index in [9.17, 15) is 14.4 Å². The first-order valence-electron chi connectivity index (χ1n) is 25.5. The number of allylic oxidation sites excluding steroid dienone is 20. The topological polar surface area (TPSA) is 78.9 Å². The largest absolute Gasteiger partial charge is 0.462 e. The van der Waals surface area contributed by atoms with Crippen LogP contribution in [0.1, 0.15) is 207 Å². The van der Waals surface area contributed by atoms with Gasteiger partial charge in [-0.1, -0.05) is 200 Å². The van der Waals surface area contributed by atoms with Gasteiger partial charge in [-0.15, -0.1) is 0 Å². The Morgan fingerprint density at radius 3 is 1.03 bits per heavy atom. The van der Waals surface area contributed by atoms with Crippen molar-refractivity contribution in [2.75, 3.05) is 13.2 Å². The van der Waals surface area contributed by atoms with E-state index in [-0.39, 0.29) is 31.1 Å². The Labute approximate surface area is 392 Å². The van der Waals surface area contributed by atoms with Crippen molar-refractivity contribution in [2.45, 2.75) is 213 Å². The molecule has 0 N–H and O–H groups in total. The highest BCUT2D eigenvalue weighted by Gasteiger charge is 2.19. The number of esters is 3. The average Bonchev–Trinajstić information content (AvgIpc) is 3.29. The van der Waals surface area contributed by atoms with E-state index in [0.29, 0.717) is 25.7 Å². The molecule has 0 spiro atoms. The van der Waals surface area contributed by atoms with Crippen molar-refractivity contribution >= 4 is 17.9 Å². The molecule has 1 atom stereocenters. The minimum Gasteiger partial charge on any atom is -0.462 e. The van der Waals surface area contributed by atoms with Crippen LogP contribution in [0.15, 0.2) is 122 Å². The molecule has 0 saturated heterocycles. The molecule has 6 heteroatoms. The molecular weight excluding hydrogens is 793 g/mol. The molecular formula is C58H92O6. The van der Waals surface area contributed by atoms with Crippen LogP contribution >= 0.6 is 0 Å². The Morgan fingerprint density at radius 1 is 0.328 bits per heavy atom. The summed E-state index contributed by atoms with van der Waals surface area (Å²) in [5.41, 5.74) is 0. The van der Waals surface area contributed by atoms with Crippen LogP contribution in [0.4, 0.5) is 0 Å². The SMILES string of the molecule is CC/C=C\C/C=C\C/C=C\C/C=C\C/C=C\C/C=C\C/C=C\C/C=C\CCCCC(=O)OCC(COC(=O)CCCCCCC)OC(=O)CCCCCCC/C=C\C/C=C\CCCC. The van der Waals surface area contributed by atoms with Crippen LogP contribution in [0, 0.1) is 0 Å². The summed E-state index contributed by atoms with van der Waals surface area (Å²) in [7, 11) is 0. The maximum absolute atomic E-state index is 12.7. The van der Waals surface area contributed by atoms with E-state index in [2.05, 4.69) is 142 Å². The van der Waals surface area contributed by atoms with Crippen molar-refractivity contribution in [3.05, 3.63) is 122 Å². The van der Waals surface area contributed by atoms with E-state index < -0.39 is 6.10 Å². The lowest BCUT2D eigenvalue weighted by atomic mass is 10.1. The van der Waals surface area contributed by atoms with Gasteiger partial charge >= 0.3 is 17.9 Å². The molecule has 0 aromatic heterocycles. The lowest BCUT2D eigenvalue weighted by Crippen LogP contribution is -2.30. The number of rotatable bonds is 44. The maximum atomic E-state index is 12.7. The normalized spacial score (nSPS) is 13.1. The number of carbonyl (C=O) groups excluding carboxylic acids is 3. The first-order chi connectivity index (χ1) is 31.5. The monoisotopic (exact) mass is 885 g/mol. The zero-order valence-electron chi connectivity index (χ0n) is 41.0. The van der Waals surface area contributed by atoms with Crippen LogP contribution in [0.5, 0.6) is 0 Å². The fourth-order valence-electron chi connectivity index (χ4n) is 6.35. The smallest absolute Gasteiger partial charge is 0.306 e. The summed E-state index contributed by atoms with van der Waals surface area (Å²) in [5.74, 6) is -0.986. The number of ether oxygens (including phenoxy) is 3. The van der Waals surface area contributed by atoms with Gasteiger partial charge in [0, 0.05) is 19.3 Å². The highest BCUT2D eigenvalue weighted by Crippen LogP contribution is 2.12. The van der Waals surface area contributed by atoms with Crippen molar-refractivity contribution in [3.63, 3.8) is 0 Å². The van der Waals surface area contributed by atoms with Crippen LogP contribution < -0.4 is 0 Å². The first kappa shape index (κ1) is 59.8. The quantitative estimate of drug-likeness (QED) is 0.0262. The third-order valence-corrected chi connectivity index (χ3v) is 10.2. The van der Waals surface area contributed by atoms with Crippen LogP contribution in [-0.4, -0.2) is 37.2 Å². The number of carbonyl (C=O) groups is 3. The third kappa shape index (κ3) is 48.8. The summed E-state index contributed by atoms with van der Waals surface area (Å²) in [6, 6.07) is 0. The summed E-state index contributed by atoms with van der Waals surface area (Å²) in [6.45, 7) is 6.32. The van der Waals surface area contributed by atoms with Gasteiger partial charge < -0.3 is 14.2 Å². The molecule has 0 saturated carbocycles. The molecule has 0 bridgehead atoms. The molecule has 1 unspecified atom stereocenters. The van der Waals surface area contributed by atoms with Gasteiger partial charge in [0.05, 0.1) is 0 Å². The van der Waals surface area contributed by atoms with E-state index in [1.807, 2.05) is 0 Å². The van der Waals surface area contributed by atoms with E-state index >= 15 is 0 Å². The lowest BCUT2D eigenvalue weighted by Gasteiger charge is -2.18. The van der Waals surface area contributed by atoms with Crippen LogP contribution in [-0.2, 0) is 28.6 Å². The molecule has 0 aliphatic heterocycles. The van der Waals surface area contributed by atoms with Crippen LogP contribution in [0.25, 0.3) is 0 Å². The van der Waals surface area contributed by atoms with Gasteiger partial charge in [-0.25, -0.2) is 0 Å². The fraction of sp³-hybridized carbons (Fsp3) is 0.603. The van der Waals surface area contributed by atoms with Gasteiger partial charge in [0.15, 0.2) is 6.10 Å². The summed E-state index contributed by atoms with van der Waals surface area (Å²) < 4.78 is 16.6. The van der Waals surface area contributed by atoms with E-state index in [0.717, 1.165) is 141 Å². The zero-order chi connectivity index (χ0) is 46.5. The molecule has 0 fully saturated rings. The van der Waals surface area contributed by atoms with E-state index in [4.69, 9.17) is 14.2 Å².